The van der Waals surface area contributed by atoms with E-state index in [-0.39, 0.29) is 51.8 Å². The Kier molecular flexibility index (Phi) is 11.3. The molecule has 3 aliphatic rings. The lowest BCUT2D eigenvalue weighted by atomic mass is 9.88. The summed E-state index contributed by atoms with van der Waals surface area (Å²) in [5.41, 5.74) is 4.98. The number of hydrogen-bond acceptors (Lipinski definition) is 15. The molecule has 3 aliphatic heterocycles. The van der Waals surface area contributed by atoms with Gasteiger partial charge in [-0.3, -0.25) is 33.8 Å². The first kappa shape index (κ1) is 39.7. The van der Waals surface area contributed by atoms with Crippen LogP contribution in [0.2, 0.25) is 0 Å². The number of ketones is 1. The Morgan fingerprint density at radius 1 is 1.07 bits per heavy atom. The summed E-state index contributed by atoms with van der Waals surface area (Å²) in [7, 11) is 0. The lowest BCUT2D eigenvalue weighted by molar-refractivity contribution is -0.919. The molecule has 1 aromatic heterocycles. The van der Waals surface area contributed by atoms with Crippen LogP contribution in [0, 0.1) is 5.92 Å². The first-order chi connectivity index (χ1) is 25.4. The zero-order valence-electron chi connectivity index (χ0n) is 29.1. The molecule has 1 saturated heterocycles. The van der Waals surface area contributed by atoms with E-state index in [0.717, 1.165) is 27.2 Å². The van der Waals surface area contributed by atoms with E-state index < -0.39 is 94.1 Å². The van der Waals surface area contributed by atoms with Gasteiger partial charge in [0.25, 0.3) is 11.8 Å². The number of thiazole rings is 1. The summed E-state index contributed by atoms with van der Waals surface area (Å²) >= 11 is 2.20. The number of hydrogen-bond donors (Lipinski definition) is 6. The first-order valence-electron chi connectivity index (χ1n) is 16.6. The smallest absolute Gasteiger partial charge is 0.352 e. The van der Waals surface area contributed by atoms with E-state index in [1.165, 1.54) is 23.2 Å². The number of benzene rings is 1. The van der Waals surface area contributed by atoms with Gasteiger partial charge in [0.1, 0.15) is 17.9 Å². The van der Waals surface area contributed by atoms with E-state index in [9.17, 15) is 54.0 Å². The molecule has 7 N–H and O–H groups in total. The number of carbonyl (C=O) groups is 7. The van der Waals surface area contributed by atoms with Crippen LogP contribution in [0.1, 0.15) is 60.0 Å². The number of aromatic nitrogens is 1. The summed E-state index contributed by atoms with van der Waals surface area (Å²) < 4.78 is 0.214. The number of thioether (sulfide) groups is 1. The largest absolute Gasteiger partial charge is 0.504 e. The molecule has 1 aromatic carbocycles. The van der Waals surface area contributed by atoms with Crippen LogP contribution in [0.25, 0.3) is 0 Å². The summed E-state index contributed by atoms with van der Waals surface area (Å²) in [6.07, 6.45) is -3.39. The fourth-order valence-electron chi connectivity index (χ4n) is 6.63. The minimum atomic E-state index is -1.94. The molecule has 0 aliphatic carbocycles. The third-order valence-electron chi connectivity index (χ3n) is 9.81. The topological polar surface area (TPSA) is 288 Å². The molecule has 5 rings (SSSR count). The number of nitrogen functional groups attached to an aromatic ring is 1. The number of likely N-dealkylation sites (N-methyl/N-ethyl adjacent to an activating group) is 1. The number of aliphatic carboxylic acids is 3. The van der Waals surface area contributed by atoms with E-state index in [1.54, 1.807) is 6.92 Å². The maximum Gasteiger partial charge on any atom is 0.352 e. The van der Waals surface area contributed by atoms with E-state index in [0.29, 0.717) is 18.7 Å². The number of carboxylic acid groups (broad SMARTS) is 3. The fraction of sp³-hybridized carbons (Fsp3) is 0.424. The minimum absolute atomic E-state index is 0.0362. The van der Waals surface area contributed by atoms with Crippen molar-refractivity contribution in [2.24, 2.45) is 11.1 Å². The summed E-state index contributed by atoms with van der Waals surface area (Å²) in [4.78, 5) is 100. The predicted octanol–water partition coefficient (Wildman–Crippen LogP) is 1.16. The van der Waals surface area contributed by atoms with Crippen molar-refractivity contribution in [3.8, 4) is 11.5 Å². The second-order valence-electron chi connectivity index (χ2n) is 12.8. The van der Waals surface area contributed by atoms with Crippen LogP contribution in [-0.4, -0.2) is 141 Å². The number of quaternary nitrogens is 1. The standard InChI is InChI=1S/C33H36N6O13S2/c1-4-39(5-2,9-8-37-27(45)15-6-7-19(40)26(44)23(15)29(37)47)12-17-14(3)54-30-16(28(46)38(30)25(17)32(50)51)10-20(41)24(18-13-53-33(34)35-18)36-52-21(31(48)49)11-22(42)43/h6-7,13-14,16,21,30H,4-5,8-12H2,1-3H3,(H6-,34,35,36,40,41,42,43,44,45,47,48,49,50,51)/p+1/t14-,16+,21-,30+/m0/s1. The van der Waals surface area contributed by atoms with Crippen molar-refractivity contribution in [2.45, 2.75) is 50.3 Å². The number of rotatable bonds is 17. The van der Waals surface area contributed by atoms with Gasteiger partial charge in [-0.25, -0.2) is 14.6 Å². The molecular formula is C33H37N6O13S2+. The molecule has 4 atom stereocenters. The number of carbonyl (C=O) groups excluding carboxylic acids is 4. The van der Waals surface area contributed by atoms with Crippen molar-refractivity contribution in [3.05, 3.63) is 45.6 Å². The van der Waals surface area contributed by atoms with Gasteiger partial charge >= 0.3 is 17.9 Å². The second-order valence-corrected chi connectivity index (χ2v) is 15.2. The highest BCUT2D eigenvalue weighted by molar-refractivity contribution is 8.00. The molecule has 0 radical (unpaired) electrons. The molecule has 0 unspecified atom stereocenters. The van der Waals surface area contributed by atoms with Crippen molar-refractivity contribution in [1.82, 2.24) is 14.8 Å². The van der Waals surface area contributed by atoms with E-state index >= 15 is 0 Å². The Hall–Kier alpha value is -5.54. The number of nitrogens with zero attached hydrogens (tertiary/aromatic N) is 5. The van der Waals surface area contributed by atoms with Crippen LogP contribution in [-0.2, 0) is 28.8 Å². The molecule has 21 heteroatoms. The number of β-lactam (4-membered cyclic amide) rings is 1. The highest BCUT2D eigenvalue weighted by atomic mass is 32.2. The van der Waals surface area contributed by atoms with Crippen LogP contribution in [0.15, 0.2) is 33.9 Å². The fourth-order valence-corrected chi connectivity index (χ4v) is 8.68. The van der Waals surface area contributed by atoms with E-state index in [2.05, 4.69) is 10.1 Å². The monoisotopic (exact) mass is 789 g/mol. The molecule has 1 fully saturated rings. The maximum atomic E-state index is 13.7. The SMILES string of the molecule is CC[N+](CC)(CCN1C(=O)c2ccc(O)c(O)c2C1=O)CC1=C(C(=O)O)N2C(=O)[C@@H](CC(=O)/C(=N\O[C@@H](CC(=O)O)C(=O)O)c3csc(N)n3)[C@H]2S[C@H]1C. The number of carboxylic acids is 3. The van der Waals surface area contributed by atoms with Crippen LogP contribution in [0.4, 0.5) is 5.13 Å². The highest BCUT2D eigenvalue weighted by Crippen LogP contribution is 2.49. The lowest BCUT2D eigenvalue weighted by Gasteiger charge is -2.52. The Morgan fingerprint density at radius 3 is 2.33 bits per heavy atom. The molecule has 0 bridgehead atoms. The van der Waals surface area contributed by atoms with Gasteiger partial charge in [0.05, 0.1) is 55.0 Å². The summed E-state index contributed by atoms with van der Waals surface area (Å²) in [5.74, 6) is -9.62. The second kappa shape index (κ2) is 15.4. The van der Waals surface area contributed by atoms with Gasteiger partial charge < -0.3 is 40.6 Å². The third-order valence-corrected chi connectivity index (χ3v) is 12.0. The zero-order chi connectivity index (χ0) is 39.8. The van der Waals surface area contributed by atoms with Gasteiger partial charge in [0.15, 0.2) is 28.1 Å². The summed E-state index contributed by atoms with van der Waals surface area (Å²) in [6, 6.07) is 2.37. The molecular weight excluding hydrogens is 753 g/mol. The van der Waals surface area contributed by atoms with Gasteiger partial charge in [-0.15, -0.1) is 23.1 Å². The average molecular weight is 790 g/mol. The van der Waals surface area contributed by atoms with Crippen molar-refractivity contribution in [2.75, 3.05) is 38.5 Å². The van der Waals surface area contributed by atoms with Crippen LogP contribution >= 0.6 is 23.1 Å². The van der Waals surface area contributed by atoms with Gasteiger partial charge in [0.2, 0.25) is 12.0 Å². The Morgan fingerprint density at radius 2 is 1.76 bits per heavy atom. The Labute approximate surface area is 314 Å². The maximum absolute atomic E-state index is 13.7. The first-order valence-corrected chi connectivity index (χ1v) is 18.4. The van der Waals surface area contributed by atoms with Gasteiger partial charge in [-0.1, -0.05) is 5.16 Å². The number of aromatic hydroxyl groups is 2. The Balaban J connectivity index is 1.36. The predicted molar refractivity (Wildman–Crippen MR) is 190 cm³/mol. The number of amides is 3. The van der Waals surface area contributed by atoms with Crippen LogP contribution < -0.4 is 5.73 Å². The third kappa shape index (κ3) is 7.33. The molecule has 288 valence electrons. The molecule has 54 heavy (non-hydrogen) atoms. The molecule has 0 saturated carbocycles. The number of nitrogens with two attached hydrogens (primary N) is 1. The molecule has 0 spiro atoms. The number of anilines is 1. The summed E-state index contributed by atoms with van der Waals surface area (Å²) in [6.45, 7) is 6.68. The van der Waals surface area contributed by atoms with E-state index in [1.807, 2.05) is 13.8 Å². The zero-order valence-corrected chi connectivity index (χ0v) is 30.8. The number of phenolic OH excluding ortho intramolecular Hbond substituents is 2. The number of fused-ring (bicyclic) bond motifs is 2. The van der Waals surface area contributed by atoms with Crippen LogP contribution in [0.3, 0.4) is 0 Å². The van der Waals surface area contributed by atoms with Gasteiger partial charge in [-0.2, -0.15) is 0 Å². The van der Waals surface area contributed by atoms with Crippen molar-refractivity contribution < 1.29 is 68.4 Å². The van der Waals surface area contributed by atoms with Crippen molar-refractivity contribution in [3.63, 3.8) is 0 Å². The Bertz CT molecular complexity index is 2010. The van der Waals surface area contributed by atoms with Crippen molar-refractivity contribution in [1.29, 1.82) is 0 Å². The van der Waals surface area contributed by atoms with Gasteiger partial charge in [-0.05, 0) is 32.9 Å². The normalized spacial score (nSPS) is 20.4. The molecule has 4 heterocycles. The average Bonchev–Trinajstić information content (AvgIpc) is 3.65. The number of phenols is 2. The summed E-state index contributed by atoms with van der Waals surface area (Å²) in [5, 5.41) is 52.7. The minimum Gasteiger partial charge on any atom is -0.504 e. The number of oxime groups is 1. The number of imide groups is 1. The lowest BCUT2D eigenvalue weighted by Crippen LogP contribution is -2.64. The highest BCUT2D eigenvalue weighted by Gasteiger charge is 2.56. The van der Waals surface area contributed by atoms with Gasteiger partial charge in [0, 0.05) is 22.6 Å². The van der Waals surface area contributed by atoms with Crippen molar-refractivity contribution >= 4 is 75.4 Å². The number of Topliss-reactive ketones (excluding diaryl/α,β-unsaturated/α-hetero) is 1. The molecule has 3 amide bonds. The van der Waals surface area contributed by atoms with E-state index in [4.69, 9.17) is 15.7 Å². The molecule has 2 aromatic rings. The molecule has 19 nitrogen and oxygen atoms in total. The quantitative estimate of drug-likeness (QED) is 0.0327. The van der Waals surface area contributed by atoms with Crippen LogP contribution in [0.5, 0.6) is 11.5 Å².